The summed E-state index contributed by atoms with van der Waals surface area (Å²) >= 11 is 0. The van der Waals surface area contributed by atoms with Crippen molar-refractivity contribution in [2.75, 3.05) is 36.4 Å². The van der Waals surface area contributed by atoms with Crippen LogP contribution in [-0.4, -0.2) is 47.1 Å². The summed E-state index contributed by atoms with van der Waals surface area (Å²) in [6.07, 6.45) is 5.00. The van der Waals surface area contributed by atoms with Crippen LogP contribution in [0.25, 0.3) is 6.08 Å². The van der Waals surface area contributed by atoms with Crippen LogP contribution in [0.3, 0.4) is 0 Å². The zero-order chi connectivity index (χ0) is 21.5. The molecule has 0 radical (unpaired) electrons. The van der Waals surface area contributed by atoms with Gasteiger partial charge in [0.2, 0.25) is 5.91 Å². The molecule has 0 spiro atoms. The van der Waals surface area contributed by atoms with Crippen molar-refractivity contribution in [1.29, 1.82) is 0 Å². The van der Waals surface area contributed by atoms with Gasteiger partial charge in [-0.3, -0.25) is 9.69 Å². The van der Waals surface area contributed by atoms with Gasteiger partial charge < -0.3 is 15.3 Å². The molecule has 0 bridgehead atoms. The molecule has 1 aromatic heterocycles. The van der Waals surface area contributed by atoms with Crippen molar-refractivity contribution in [2.45, 2.75) is 6.54 Å². The normalized spacial score (nSPS) is 14.6. The Balaban J connectivity index is 1.27. The molecule has 1 aliphatic heterocycles. The Labute approximate surface area is 182 Å². The van der Waals surface area contributed by atoms with E-state index in [9.17, 15) is 9.90 Å². The lowest BCUT2D eigenvalue weighted by atomic mass is 10.1. The lowest BCUT2D eigenvalue weighted by molar-refractivity contribution is -0.111. The quantitative estimate of drug-likeness (QED) is 0.601. The first-order chi connectivity index (χ1) is 15.2. The Morgan fingerprint density at radius 1 is 0.968 bits per heavy atom. The Morgan fingerprint density at radius 3 is 2.42 bits per heavy atom. The van der Waals surface area contributed by atoms with Gasteiger partial charge in [0.25, 0.3) is 0 Å². The van der Waals surface area contributed by atoms with Gasteiger partial charge in [0.15, 0.2) is 0 Å². The van der Waals surface area contributed by atoms with E-state index in [2.05, 4.69) is 20.1 Å². The van der Waals surface area contributed by atoms with Gasteiger partial charge in [-0.2, -0.15) is 0 Å². The number of phenols is 1. The van der Waals surface area contributed by atoms with Crippen molar-refractivity contribution in [2.24, 2.45) is 0 Å². The number of carbonyl (C=O) groups excluding carboxylic acids is 1. The molecular weight excluding hydrogens is 388 g/mol. The summed E-state index contributed by atoms with van der Waals surface area (Å²) in [4.78, 5) is 21.2. The Morgan fingerprint density at radius 2 is 1.71 bits per heavy atom. The lowest BCUT2D eigenvalue weighted by Gasteiger charge is -2.35. The fourth-order valence-corrected chi connectivity index (χ4v) is 3.59. The smallest absolute Gasteiger partial charge is 0.248 e. The maximum absolute atomic E-state index is 12.1. The Bertz CT molecular complexity index is 1030. The van der Waals surface area contributed by atoms with E-state index in [0.29, 0.717) is 11.4 Å². The number of para-hydroxylation sites is 1. The van der Waals surface area contributed by atoms with Crippen LogP contribution >= 0.6 is 0 Å². The van der Waals surface area contributed by atoms with Crippen LogP contribution in [0.2, 0.25) is 0 Å². The van der Waals surface area contributed by atoms with Crippen LogP contribution in [-0.2, 0) is 11.3 Å². The van der Waals surface area contributed by atoms with E-state index >= 15 is 0 Å². The molecule has 31 heavy (non-hydrogen) atoms. The highest BCUT2D eigenvalue weighted by molar-refractivity contribution is 6.01. The summed E-state index contributed by atoms with van der Waals surface area (Å²) in [5.41, 5.74) is 2.60. The number of piperazine rings is 1. The number of aromatic nitrogens is 1. The number of amides is 1. The monoisotopic (exact) mass is 414 g/mol. The van der Waals surface area contributed by atoms with Gasteiger partial charge in [0.1, 0.15) is 11.6 Å². The topological polar surface area (TPSA) is 68.7 Å². The summed E-state index contributed by atoms with van der Waals surface area (Å²) in [6.45, 7) is 4.28. The number of rotatable bonds is 6. The number of phenolic OH excluding ortho intramolecular Hbond substituents is 1. The number of carbonyl (C=O) groups is 1. The van der Waals surface area contributed by atoms with Crippen molar-refractivity contribution in [1.82, 2.24) is 9.88 Å². The Hall–Kier alpha value is -3.64. The van der Waals surface area contributed by atoms with E-state index in [1.54, 1.807) is 18.3 Å². The SMILES string of the molecule is O=C(/C=C/c1ccccc1)Nc1ccc(N2CCN(Cc3ccccc3O)CC2)nc1. The number of hydrogen-bond acceptors (Lipinski definition) is 5. The standard InChI is InChI=1S/C25H26N4O2/c30-23-9-5-4-8-21(23)19-28-14-16-29(17-15-28)24-12-11-22(18-26-24)27-25(31)13-10-20-6-2-1-3-7-20/h1-13,18,30H,14-17,19H2,(H,27,31)/b13-10+. The number of nitrogens with zero attached hydrogens (tertiary/aromatic N) is 3. The van der Waals surface area contributed by atoms with E-state index < -0.39 is 0 Å². The van der Waals surface area contributed by atoms with Crippen molar-refractivity contribution < 1.29 is 9.90 Å². The van der Waals surface area contributed by atoms with Gasteiger partial charge in [0.05, 0.1) is 11.9 Å². The number of aromatic hydroxyl groups is 1. The first-order valence-electron chi connectivity index (χ1n) is 10.4. The number of nitrogens with one attached hydrogen (secondary N) is 1. The van der Waals surface area contributed by atoms with Crippen LogP contribution in [0.1, 0.15) is 11.1 Å². The average molecular weight is 415 g/mol. The molecule has 4 rings (SSSR count). The molecule has 0 atom stereocenters. The minimum atomic E-state index is -0.184. The molecule has 3 aromatic rings. The lowest BCUT2D eigenvalue weighted by Crippen LogP contribution is -2.46. The van der Waals surface area contributed by atoms with Gasteiger partial charge in [-0.1, -0.05) is 48.5 Å². The zero-order valence-electron chi connectivity index (χ0n) is 17.3. The molecule has 2 aromatic carbocycles. The maximum atomic E-state index is 12.1. The van der Waals surface area contributed by atoms with E-state index in [4.69, 9.17) is 0 Å². The van der Waals surface area contributed by atoms with Crippen molar-refractivity contribution in [3.63, 3.8) is 0 Å². The molecule has 158 valence electrons. The molecule has 2 N–H and O–H groups in total. The third-order valence-electron chi connectivity index (χ3n) is 5.32. The number of pyridine rings is 1. The highest BCUT2D eigenvalue weighted by Gasteiger charge is 2.19. The summed E-state index contributed by atoms with van der Waals surface area (Å²) in [7, 11) is 0. The second kappa shape index (κ2) is 9.91. The van der Waals surface area contributed by atoms with E-state index in [1.807, 2.05) is 60.7 Å². The molecule has 1 saturated heterocycles. The summed E-state index contributed by atoms with van der Waals surface area (Å²) in [6, 6.07) is 21.0. The molecule has 1 aliphatic rings. The van der Waals surface area contributed by atoms with Gasteiger partial charge in [-0.15, -0.1) is 0 Å². The molecule has 2 heterocycles. The largest absolute Gasteiger partial charge is 0.508 e. The van der Waals surface area contributed by atoms with Gasteiger partial charge in [0, 0.05) is 44.4 Å². The Kier molecular flexibility index (Phi) is 6.59. The summed E-state index contributed by atoms with van der Waals surface area (Å²) in [5.74, 6) is 1.07. The van der Waals surface area contributed by atoms with Crippen molar-refractivity contribution >= 4 is 23.5 Å². The fourth-order valence-electron chi connectivity index (χ4n) is 3.59. The zero-order valence-corrected chi connectivity index (χ0v) is 17.3. The van der Waals surface area contributed by atoms with Gasteiger partial charge >= 0.3 is 0 Å². The third kappa shape index (κ3) is 5.71. The second-order valence-corrected chi connectivity index (χ2v) is 7.53. The van der Waals surface area contributed by atoms with Gasteiger partial charge in [-0.05, 0) is 29.8 Å². The molecular formula is C25H26N4O2. The number of anilines is 2. The fraction of sp³-hybridized carbons (Fsp3) is 0.200. The highest BCUT2D eigenvalue weighted by atomic mass is 16.3. The third-order valence-corrected chi connectivity index (χ3v) is 5.32. The van der Waals surface area contributed by atoms with Crippen LogP contribution in [0.15, 0.2) is 79.0 Å². The summed E-state index contributed by atoms with van der Waals surface area (Å²) in [5, 5.41) is 12.8. The minimum Gasteiger partial charge on any atom is -0.508 e. The van der Waals surface area contributed by atoms with Crippen molar-refractivity contribution in [3.05, 3.63) is 90.1 Å². The predicted molar refractivity (Wildman–Crippen MR) is 124 cm³/mol. The van der Waals surface area contributed by atoms with Gasteiger partial charge in [-0.25, -0.2) is 4.98 Å². The molecule has 0 aliphatic carbocycles. The maximum Gasteiger partial charge on any atom is 0.248 e. The first-order valence-corrected chi connectivity index (χ1v) is 10.4. The van der Waals surface area contributed by atoms with Crippen LogP contribution < -0.4 is 10.2 Å². The number of hydrogen-bond donors (Lipinski definition) is 2. The van der Waals surface area contributed by atoms with Crippen LogP contribution in [0, 0.1) is 0 Å². The first kappa shape index (κ1) is 20.6. The molecule has 6 nitrogen and oxygen atoms in total. The van der Waals surface area contributed by atoms with E-state index in [0.717, 1.165) is 49.7 Å². The van der Waals surface area contributed by atoms with E-state index in [1.165, 1.54) is 6.08 Å². The molecule has 1 fully saturated rings. The molecule has 1 amide bonds. The highest BCUT2D eigenvalue weighted by Crippen LogP contribution is 2.20. The average Bonchev–Trinajstić information content (AvgIpc) is 2.81. The minimum absolute atomic E-state index is 0.184. The van der Waals surface area contributed by atoms with Crippen LogP contribution in [0.5, 0.6) is 5.75 Å². The molecule has 0 saturated carbocycles. The van der Waals surface area contributed by atoms with Crippen LogP contribution in [0.4, 0.5) is 11.5 Å². The van der Waals surface area contributed by atoms with Crippen molar-refractivity contribution in [3.8, 4) is 5.75 Å². The second-order valence-electron chi connectivity index (χ2n) is 7.53. The summed E-state index contributed by atoms with van der Waals surface area (Å²) < 4.78 is 0. The number of benzene rings is 2. The predicted octanol–water partition coefficient (Wildman–Crippen LogP) is 3.76. The molecule has 6 heteroatoms. The molecule has 0 unspecified atom stereocenters. The van der Waals surface area contributed by atoms with E-state index in [-0.39, 0.29) is 5.91 Å².